The normalized spacial score (nSPS) is 19.0. The number of imidazole rings is 1. The average Bonchev–Trinajstić information content (AvgIpc) is 2.98. The minimum absolute atomic E-state index is 0.164. The van der Waals surface area contributed by atoms with Gasteiger partial charge in [0.25, 0.3) is 0 Å². The van der Waals surface area contributed by atoms with Crippen molar-refractivity contribution in [2.24, 2.45) is 0 Å². The van der Waals surface area contributed by atoms with Crippen molar-refractivity contribution in [2.75, 3.05) is 13.1 Å². The number of carbonyl (C=O) groups is 1. The van der Waals surface area contributed by atoms with E-state index in [4.69, 9.17) is 5.11 Å². The van der Waals surface area contributed by atoms with E-state index >= 15 is 0 Å². The van der Waals surface area contributed by atoms with Crippen LogP contribution in [0, 0.1) is 0 Å². The van der Waals surface area contributed by atoms with Crippen LogP contribution in [0.15, 0.2) is 36.5 Å². The largest absolute Gasteiger partial charge is 0.465 e. The number of H-pyrrole nitrogens is 1. The zero-order valence-electron chi connectivity index (χ0n) is 11.1. The van der Waals surface area contributed by atoms with Gasteiger partial charge in [0.15, 0.2) is 0 Å². The molecule has 0 unspecified atom stereocenters. The minimum Gasteiger partial charge on any atom is -0.465 e. The van der Waals surface area contributed by atoms with E-state index in [1.807, 2.05) is 36.5 Å². The number of benzene rings is 1. The quantitative estimate of drug-likeness (QED) is 0.882. The molecule has 2 heterocycles. The summed E-state index contributed by atoms with van der Waals surface area (Å²) in [5.74, 6) is 1.05. The third-order valence-electron chi connectivity index (χ3n) is 3.76. The van der Waals surface area contributed by atoms with E-state index in [2.05, 4.69) is 9.97 Å². The van der Waals surface area contributed by atoms with Crippen LogP contribution in [0.1, 0.15) is 24.6 Å². The maximum absolute atomic E-state index is 11.1. The number of amides is 1. The van der Waals surface area contributed by atoms with Gasteiger partial charge in [-0.05, 0) is 18.4 Å². The Morgan fingerprint density at radius 2 is 2.15 bits per heavy atom. The molecular weight excluding hydrogens is 254 g/mol. The monoisotopic (exact) mass is 271 g/mol. The van der Waals surface area contributed by atoms with Gasteiger partial charge in [-0.2, -0.15) is 0 Å². The van der Waals surface area contributed by atoms with Crippen molar-refractivity contribution < 1.29 is 9.90 Å². The molecule has 20 heavy (non-hydrogen) atoms. The Labute approximate surface area is 117 Å². The Hall–Kier alpha value is -2.30. The number of carboxylic acid groups (broad SMARTS) is 1. The highest BCUT2D eigenvalue weighted by Crippen LogP contribution is 2.27. The van der Waals surface area contributed by atoms with Gasteiger partial charge < -0.3 is 15.0 Å². The van der Waals surface area contributed by atoms with E-state index in [1.54, 1.807) is 0 Å². The van der Waals surface area contributed by atoms with Crippen molar-refractivity contribution in [3.63, 3.8) is 0 Å². The molecule has 0 spiro atoms. The molecule has 0 bridgehead atoms. The maximum atomic E-state index is 11.1. The second-order valence-corrected chi connectivity index (χ2v) is 5.12. The molecular formula is C15H17N3O2. The molecule has 5 nitrogen and oxygen atoms in total. The number of nitrogens with zero attached hydrogens (tertiary/aromatic N) is 2. The molecule has 1 saturated heterocycles. The Kier molecular flexibility index (Phi) is 3.41. The number of aromatic amines is 1. The molecule has 1 aliphatic heterocycles. The molecule has 1 amide bonds. The van der Waals surface area contributed by atoms with Crippen LogP contribution in [-0.2, 0) is 0 Å². The first kappa shape index (κ1) is 12.7. The molecule has 0 radical (unpaired) electrons. The Balaban J connectivity index is 1.78. The second-order valence-electron chi connectivity index (χ2n) is 5.12. The van der Waals surface area contributed by atoms with Crippen molar-refractivity contribution in [1.82, 2.24) is 14.9 Å². The van der Waals surface area contributed by atoms with Crippen molar-refractivity contribution in [3.8, 4) is 11.3 Å². The van der Waals surface area contributed by atoms with E-state index in [9.17, 15) is 4.79 Å². The predicted octanol–water partition coefficient (Wildman–Crippen LogP) is 2.93. The van der Waals surface area contributed by atoms with Gasteiger partial charge in [0.05, 0.1) is 11.9 Å². The fraction of sp³-hybridized carbons (Fsp3) is 0.333. The second kappa shape index (κ2) is 5.36. The molecule has 0 aliphatic carbocycles. The number of hydrogen-bond donors (Lipinski definition) is 2. The summed E-state index contributed by atoms with van der Waals surface area (Å²) in [5, 5.41) is 9.08. The van der Waals surface area contributed by atoms with Crippen molar-refractivity contribution >= 4 is 6.09 Å². The molecule has 1 fully saturated rings. The van der Waals surface area contributed by atoms with Crippen LogP contribution in [0.4, 0.5) is 4.79 Å². The van der Waals surface area contributed by atoms with Crippen LogP contribution in [0.25, 0.3) is 11.3 Å². The summed E-state index contributed by atoms with van der Waals surface area (Å²) in [6, 6.07) is 10.0. The topological polar surface area (TPSA) is 69.2 Å². The highest BCUT2D eigenvalue weighted by molar-refractivity contribution is 5.65. The van der Waals surface area contributed by atoms with Gasteiger partial charge in [0.1, 0.15) is 5.82 Å². The average molecular weight is 271 g/mol. The molecule has 104 valence electrons. The third-order valence-corrected chi connectivity index (χ3v) is 3.76. The Bertz CT molecular complexity index is 594. The van der Waals surface area contributed by atoms with Crippen molar-refractivity contribution in [1.29, 1.82) is 0 Å². The molecule has 2 aromatic rings. The number of hydrogen-bond acceptors (Lipinski definition) is 2. The summed E-state index contributed by atoms with van der Waals surface area (Å²) < 4.78 is 0. The van der Waals surface area contributed by atoms with E-state index in [0.29, 0.717) is 13.1 Å². The fourth-order valence-corrected chi connectivity index (χ4v) is 2.68. The standard InChI is InChI=1S/C15H17N3O2/c19-15(20)18-8-4-7-12(10-18)14-16-9-13(17-14)11-5-2-1-3-6-11/h1-3,5-6,9,12H,4,7-8,10H2,(H,16,17)(H,19,20)/t12-/m0/s1. The summed E-state index contributed by atoms with van der Waals surface area (Å²) >= 11 is 0. The van der Waals surface area contributed by atoms with Crippen LogP contribution >= 0.6 is 0 Å². The van der Waals surface area contributed by atoms with E-state index in [1.165, 1.54) is 4.90 Å². The first-order valence-corrected chi connectivity index (χ1v) is 6.82. The van der Waals surface area contributed by atoms with E-state index in [0.717, 1.165) is 29.9 Å². The fourth-order valence-electron chi connectivity index (χ4n) is 2.68. The first-order valence-electron chi connectivity index (χ1n) is 6.82. The molecule has 5 heteroatoms. The summed E-state index contributed by atoms with van der Waals surface area (Å²) in [6.07, 6.45) is 2.85. The Morgan fingerprint density at radius 1 is 1.35 bits per heavy atom. The van der Waals surface area contributed by atoms with Gasteiger partial charge in [0, 0.05) is 19.0 Å². The number of aromatic nitrogens is 2. The lowest BCUT2D eigenvalue weighted by atomic mass is 9.98. The van der Waals surface area contributed by atoms with Gasteiger partial charge in [0.2, 0.25) is 0 Å². The van der Waals surface area contributed by atoms with Gasteiger partial charge >= 0.3 is 6.09 Å². The predicted molar refractivity (Wildman–Crippen MR) is 75.6 cm³/mol. The highest BCUT2D eigenvalue weighted by atomic mass is 16.4. The maximum Gasteiger partial charge on any atom is 0.407 e. The molecule has 1 aromatic carbocycles. The molecule has 1 aromatic heterocycles. The number of rotatable bonds is 2. The zero-order valence-corrected chi connectivity index (χ0v) is 11.1. The third kappa shape index (κ3) is 2.52. The molecule has 1 atom stereocenters. The number of nitrogens with one attached hydrogen (secondary N) is 1. The van der Waals surface area contributed by atoms with E-state index < -0.39 is 6.09 Å². The van der Waals surface area contributed by atoms with Gasteiger partial charge in [-0.25, -0.2) is 9.78 Å². The number of piperidine rings is 1. The Morgan fingerprint density at radius 3 is 2.90 bits per heavy atom. The SMILES string of the molecule is O=C(O)N1CCC[C@H](c2ncc(-c3ccccc3)[nH]2)C1. The molecule has 2 N–H and O–H groups in total. The number of likely N-dealkylation sites (tertiary alicyclic amines) is 1. The smallest absolute Gasteiger partial charge is 0.407 e. The summed E-state index contributed by atoms with van der Waals surface area (Å²) in [7, 11) is 0. The van der Waals surface area contributed by atoms with Gasteiger partial charge in [-0.15, -0.1) is 0 Å². The first-order chi connectivity index (χ1) is 9.74. The lowest BCUT2D eigenvalue weighted by Gasteiger charge is -2.29. The van der Waals surface area contributed by atoms with Crippen LogP contribution in [-0.4, -0.2) is 39.2 Å². The lowest BCUT2D eigenvalue weighted by molar-refractivity contribution is 0.129. The highest BCUT2D eigenvalue weighted by Gasteiger charge is 2.26. The minimum atomic E-state index is -0.843. The summed E-state index contributed by atoms with van der Waals surface area (Å²) in [6.45, 7) is 1.15. The van der Waals surface area contributed by atoms with Gasteiger partial charge in [-0.1, -0.05) is 30.3 Å². The van der Waals surface area contributed by atoms with Crippen LogP contribution < -0.4 is 0 Å². The lowest BCUT2D eigenvalue weighted by Crippen LogP contribution is -2.38. The summed E-state index contributed by atoms with van der Waals surface area (Å²) in [5.41, 5.74) is 2.07. The zero-order chi connectivity index (χ0) is 13.9. The van der Waals surface area contributed by atoms with Crippen LogP contribution in [0.5, 0.6) is 0 Å². The van der Waals surface area contributed by atoms with E-state index in [-0.39, 0.29) is 5.92 Å². The van der Waals surface area contributed by atoms with Crippen LogP contribution in [0.2, 0.25) is 0 Å². The van der Waals surface area contributed by atoms with Crippen LogP contribution in [0.3, 0.4) is 0 Å². The molecule has 3 rings (SSSR count). The molecule has 0 saturated carbocycles. The molecule has 1 aliphatic rings. The summed E-state index contributed by atoms with van der Waals surface area (Å²) in [4.78, 5) is 20.3. The van der Waals surface area contributed by atoms with Gasteiger partial charge in [-0.3, -0.25) is 0 Å². The van der Waals surface area contributed by atoms with Crippen molar-refractivity contribution in [2.45, 2.75) is 18.8 Å². The van der Waals surface area contributed by atoms with Crippen molar-refractivity contribution in [3.05, 3.63) is 42.4 Å².